The molecule has 2 N–H and O–H groups in total. The SMILES string of the molecule is COC(=O)C(CC(C)C)NCC1(O)CCCCCC1. The number of carbonyl (C=O) groups excluding carboxylic acids is 1. The molecule has 1 fully saturated rings. The molecule has 1 atom stereocenters. The fourth-order valence-electron chi connectivity index (χ4n) is 2.75. The lowest BCUT2D eigenvalue weighted by atomic mass is 9.93. The summed E-state index contributed by atoms with van der Waals surface area (Å²) in [5.74, 6) is 0.186. The Morgan fingerprint density at radius 2 is 1.84 bits per heavy atom. The summed E-state index contributed by atoms with van der Waals surface area (Å²) in [5, 5.41) is 13.8. The molecule has 4 heteroatoms. The number of methoxy groups -OCH3 is 1. The summed E-state index contributed by atoms with van der Waals surface area (Å²) in [6.07, 6.45) is 6.95. The molecule has 0 aromatic heterocycles. The molecule has 1 aliphatic carbocycles. The highest BCUT2D eigenvalue weighted by atomic mass is 16.5. The Kier molecular flexibility index (Phi) is 6.80. The van der Waals surface area contributed by atoms with Crippen molar-refractivity contribution in [2.75, 3.05) is 13.7 Å². The smallest absolute Gasteiger partial charge is 0.322 e. The van der Waals surface area contributed by atoms with Gasteiger partial charge in [0, 0.05) is 6.54 Å². The first kappa shape index (κ1) is 16.4. The number of aliphatic hydroxyl groups is 1. The highest BCUT2D eigenvalue weighted by Crippen LogP contribution is 2.26. The van der Waals surface area contributed by atoms with Crippen LogP contribution in [0, 0.1) is 5.92 Å². The Morgan fingerprint density at radius 1 is 1.26 bits per heavy atom. The first-order valence-corrected chi connectivity index (χ1v) is 7.50. The summed E-state index contributed by atoms with van der Waals surface area (Å²) in [4.78, 5) is 11.7. The van der Waals surface area contributed by atoms with Crippen LogP contribution < -0.4 is 5.32 Å². The van der Waals surface area contributed by atoms with Gasteiger partial charge in [-0.15, -0.1) is 0 Å². The van der Waals surface area contributed by atoms with Crippen LogP contribution in [0.5, 0.6) is 0 Å². The van der Waals surface area contributed by atoms with Crippen LogP contribution in [0.4, 0.5) is 0 Å². The van der Waals surface area contributed by atoms with Crippen molar-refractivity contribution in [1.29, 1.82) is 0 Å². The van der Waals surface area contributed by atoms with Gasteiger partial charge in [0.05, 0.1) is 12.7 Å². The van der Waals surface area contributed by atoms with Gasteiger partial charge in [0.25, 0.3) is 0 Å². The van der Waals surface area contributed by atoms with Gasteiger partial charge in [0.1, 0.15) is 6.04 Å². The number of nitrogens with one attached hydrogen (secondary N) is 1. The first-order chi connectivity index (χ1) is 8.97. The Hall–Kier alpha value is -0.610. The normalized spacial score (nSPS) is 20.9. The van der Waals surface area contributed by atoms with Gasteiger partial charge in [-0.2, -0.15) is 0 Å². The molecule has 0 bridgehead atoms. The molecule has 1 rings (SSSR count). The maximum absolute atomic E-state index is 11.7. The molecule has 0 spiro atoms. The molecule has 0 aliphatic heterocycles. The van der Waals surface area contributed by atoms with Crippen molar-refractivity contribution in [3.63, 3.8) is 0 Å². The molecule has 1 unspecified atom stereocenters. The van der Waals surface area contributed by atoms with Gasteiger partial charge < -0.3 is 15.2 Å². The van der Waals surface area contributed by atoms with Crippen LogP contribution in [-0.4, -0.2) is 36.4 Å². The highest BCUT2D eigenvalue weighted by Gasteiger charge is 2.30. The minimum absolute atomic E-state index is 0.231. The molecule has 0 heterocycles. The quantitative estimate of drug-likeness (QED) is 0.574. The summed E-state index contributed by atoms with van der Waals surface area (Å²) >= 11 is 0. The highest BCUT2D eigenvalue weighted by molar-refractivity contribution is 5.75. The summed E-state index contributed by atoms with van der Waals surface area (Å²) in [7, 11) is 1.41. The zero-order valence-corrected chi connectivity index (χ0v) is 12.6. The van der Waals surface area contributed by atoms with Crippen LogP contribution >= 0.6 is 0 Å². The van der Waals surface area contributed by atoms with E-state index in [0.717, 1.165) is 32.1 Å². The number of ether oxygens (including phenoxy) is 1. The van der Waals surface area contributed by atoms with Gasteiger partial charge in [0.2, 0.25) is 0 Å². The van der Waals surface area contributed by atoms with Gasteiger partial charge in [-0.1, -0.05) is 39.5 Å². The van der Waals surface area contributed by atoms with Crippen molar-refractivity contribution in [2.24, 2.45) is 5.92 Å². The maximum atomic E-state index is 11.7. The predicted molar refractivity (Wildman–Crippen MR) is 75.9 cm³/mol. The average Bonchev–Trinajstić information content (AvgIpc) is 2.58. The van der Waals surface area contributed by atoms with E-state index in [1.807, 2.05) is 0 Å². The third kappa shape index (κ3) is 5.91. The fourth-order valence-corrected chi connectivity index (χ4v) is 2.75. The van der Waals surface area contributed by atoms with E-state index in [-0.39, 0.29) is 12.0 Å². The third-order valence-corrected chi connectivity index (χ3v) is 3.90. The van der Waals surface area contributed by atoms with E-state index in [1.165, 1.54) is 20.0 Å². The van der Waals surface area contributed by atoms with Crippen molar-refractivity contribution >= 4 is 5.97 Å². The van der Waals surface area contributed by atoms with Crippen LogP contribution in [0.25, 0.3) is 0 Å². The molecule has 0 radical (unpaired) electrons. The lowest BCUT2D eigenvalue weighted by molar-refractivity contribution is -0.143. The molecule has 0 amide bonds. The number of rotatable bonds is 6. The van der Waals surface area contributed by atoms with Crippen LogP contribution in [0.3, 0.4) is 0 Å². The van der Waals surface area contributed by atoms with Gasteiger partial charge in [-0.3, -0.25) is 4.79 Å². The van der Waals surface area contributed by atoms with Gasteiger partial charge >= 0.3 is 5.97 Å². The van der Waals surface area contributed by atoms with Crippen molar-refractivity contribution in [1.82, 2.24) is 5.32 Å². The van der Waals surface area contributed by atoms with E-state index in [9.17, 15) is 9.90 Å². The first-order valence-electron chi connectivity index (χ1n) is 7.50. The summed E-state index contributed by atoms with van der Waals surface area (Å²) < 4.78 is 4.83. The van der Waals surface area contributed by atoms with Crippen LogP contribution in [0.1, 0.15) is 58.8 Å². The monoisotopic (exact) mass is 271 g/mol. The van der Waals surface area contributed by atoms with E-state index in [2.05, 4.69) is 19.2 Å². The van der Waals surface area contributed by atoms with Crippen molar-refractivity contribution < 1.29 is 14.6 Å². The van der Waals surface area contributed by atoms with E-state index in [1.54, 1.807) is 0 Å². The number of carbonyl (C=O) groups is 1. The molecular weight excluding hydrogens is 242 g/mol. The second-order valence-electron chi connectivity index (χ2n) is 6.22. The molecule has 0 saturated heterocycles. The maximum Gasteiger partial charge on any atom is 0.322 e. The number of hydrogen-bond donors (Lipinski definition) is 2. The zero-order valence-electron chi connectivity index (χ0n) is 12.6. The molecule has 0 aromatic carbocycles. The number of hydrogen-bond acceptors (Lipinski definition) is 4. The Labute approximate surface area is 116 Å². The van der Waals surface area contributed by atoms with E-state index in [4.69, 9.17) is 4.74 Å². The van der Waals surface area contributed by atoms with Crippen LogP contribution in [0.15, 0.2) is 0 Å². The van der Waals surface area contributed by atoms with Crippen LogP contribution in [0.2, 0.25) is 0 Å². The molecule has 0 aromatic rings. The summed E-state index contributed by atoms with van der Waals surface area (Å²) in [6.45, 7) is 4.65. The second kappa shape index (κ2) is 7.85. The molecule has 1 aliphatic rings. The minimum atomic E-state index is -0.653. The molecule has 4 nitrogen and oxygen atoms in total. The van der Waals surface area contributed by atoms with E-state index >= 15 is 0 Å². The molecule has 19 heavy (non-hydrogen) atoms. The van der Waals surface area contributed by atoms with Crippen molar-refractivity contribution in [3.05, 3.63) is 0 Å². The van der Waals surface area contributed by atoms with Crippen LogP contribution in [-0.2, 0) is 9.53 Å². The Morgan fingerprint density at radius 3 is 2.32 bits per heavy atom. The van der Waals surface area contributed by atoms with Gasteiger partial charge in [0.15, 0.2) is 0 Å². The lowest BCUT2D eigenvalue weighted by Gasteiger charge is -2.29. The van der Waals surface area contributed by atoms with E-state index in [0.29, 0.717) is 12.5 Å². The minimum Gasteiger partial charge on any atom is -0.468 e. The predicted octanol–water partition coefficient (Wildman–Crippen LogP) is 2.25. The largest absolute Gasteiger partial charge is 0.468 e. The topological polar surface area (TPSA) is 58.6 Å². The fraction of sp³-hybridized carbons (Fsp3) is 0.933. The standard InChI is InChI=1S/C15H29NO3/c1-12(2)10-13(14(17)19-3)16-11-15(18)8-6-4-5-7-9-15/h12-13,16,18H,4-11H2,1-3H3. The average molecular weight is 271 g/mol. The Balaban J connectivity index is 2.51. The molecule has 112 valence electrons. The third-order valence-electron chi connectivity index (χ3n) is 3.90. The lowest BCUT2D eigenvalue weighted by Crippen LogP contribution is -2.47. The zero-order chi connectivity index (χ0) is 14.3. The van der Waals surface area contributed by atoms with Gasteiger partial charge in [-0.05, 0) is 25.2 Å². The Bertz CT molecular complexity index is 271. The molecular formula is C15H29NO3. The summed E-state index contributed by atoms with van der Waals surface area (Å²) in [5.41, 5.74) is -0.653. The molecule has 1 saturated carbocycles. The van der Waals surface area contributed by atoms with E-state index < -0.39 is 5.60 Å². The van der Waals surface area contributed by atoms with Gasteiger partial charge in [-0.25, -0.2) is 0 Å². The summed E-state index contributed by atoms with van der Waals surface area (Å²) in [6, 6.07) is -0.308. The van der Waals surface area contributed by atoms with Crippen molar-refractivity contribution in [3.8, 4) is 0 Å². The number of esters is 1. The second-order valence-corrected chi connectivity index (χ2v) is 6.22. The van der Waals surface area contributed by atoms with Crippen molar-refractivity contribution in [2.45, 2.75) is 70.4 Å².